The summed E-state index contributed by atoms with van der Waals surface area (Å²) in [5.74, 6) is -2.23. The first kappa shape index (κ1) is 28.3. The minimum Gasteiger partial charge on any atom is -0.491 e. The summed E-state index contributed by atoms with van der Waals surface area (Å²) in [4.78, 5) is 0. The summed E-state index contributed by atoms with van der Waals surface area (Å²) in [5.41, 5.74) is 4.18. The molecule has 204 valence electrons. The molecular formula is C34H35F3O2. The van der Waals surface area contributed by atoms with Crippen LogP contribution in [0.4, 0.5) is 13.2 Å². The van der Waals surface area contributed by atoms with E-state index in [1.54, 1.807) is 18.2 Å². The molecule has 2 nitrogen and oxygen atoms in total. The molecule has 0 amide bonds. The molecule has 4 rings (SSSR count). The molecule has 0 atom stereocenters. The molecular weight excluding hydrogens is 497 g/mol. The number of aryl methyl sites for hydroxylation is 1. The minimum absolute atomic E-state index is 0.0695. The molecule has 0 heterocycles. The van der Waals surface area contributed by atoms with Gasteiger partial charge in [0.05, 0.1) is 6.61 Å². The Balaban J connectivity index is 1.32. The van der Waals surface area contributed by atoms with Gasteiger partial charge in [0, 0.05) is 5.56 Å². The van der Waals surface area contributed by atoms with Gasteiger partial charge in [0.2, 0.25) is 5.82 Å². The van der Waals surface area contributed by atoms with Gasteiger partial charge in [-0.3, -0.25) is 0 Å². The van der Waals surface area contributed by atoms with Crippen LogP contribution < -0.4 is 9.47 Å². The summed E-state index contributed by atoms with van der Waals surface area (Å²) in [5, 5.41) is 0. The van der Waals surface area contributed by atoms with E-state index < -0.39 is 17.5 Å². The van der Waals surface area contributed by atoms with Crippen LogP contribution in [0.5, 0.6) is 11.5 Å². The Morgan fingerprint density at radius 1 is 0.590 bits per heavy atom. The Labute approximate surface area is 229 Å². The van der Waals surface area contributed by atoms with E-state index >= 15 is 0 Å². The molecule has 5 heteroatoms. The van der Waals surface area contributed by atoms with Gasteiger partial charge in [0.25, 0.3) is 0 Å². The third-order valence-electron chi connectivity index (χ3n) is 6.78. The maximum Gasteiger partial charge on any atom is 0.201 e. The fourth-order valence-corrected chi connectivity index (χ4v) is 4.42. The van der Waals surface area contributed by atoms with Gasteiger partial charge >= 0.3 is 0 Å². The van der Waals surface area contributed by atoms with Crippen LogP contribution in [-0.4, -0.2) is 6.61 Å². The highest BCUT2D eigenvalue weighted by molar-refractivity contribution is 5.66. The first-order valence-electron chi connectivity index (χ1n) is 13.7. The predicted octanol–water partition coefficient (Wildman–Crippen LogP) is 10.1. The van der Waals surface area contributed by atoms with Crippen LogP contribution in [0, 0.1) is 24.4 Å². The van der Waals surface area contributed by atoms with Gasteiger partial charge in [-0.1, -0.05) is 99.2 Å². The lowest BCUT2D eigenvalue weighted by Crippen LogP contribution is -2.00. The van der Waals surface area contributed by atoms with E-state index in [0.29, 0.717) is 12.2 Å². The maximum absolute atomic E-state index is 14.7. The quantitative estimate of drug-likeness (QED) is 0.160. The molecule has 0 aliphatic carbocycles. The molecule has 0 aliphatic rings. The van der Waals surface area contributed by atoms with Crippen molar-refractivity contribution in [2.45, 2.75) is 59.0 Å². The molecule has 4 aromatic rings. The lowest BCUT2D eigenvalue weighted by atomic mass is 10.0. The molecule has 0 aliphatic heterocycles. The monoisotopic (exact) mass is 532 g/mol. The van der Waals surface area contributed by atoms with Crippen molar-refractivity contribution in [2.75, 3.05) is 6.61 Å². The summed E-state index contributed by atoms with van der Waals surface area (Å²) in [6.45, 7) is 4.71. The zero-order valence-corrected chi connectivity index (χ0v) is 22.6. The summed E-state index contributed by atoms with van der Waals surface area (Å²) < 4.78 is 55.2. The van der Waals surface area contributed by atoms with Gasteiger partial charge in [-0.2, -0.15) is 4.39 Å². The lowest BCUT2D eigenvalue weighted by Gasteiger charge is -2.12. The minimum atomic E-state index is -1.01. The fraction of sp³-hybridized carbons (Fsp3) is 0.294. The highest BCUT2D eigenvalue weighted by Gasteiger charge is 2.16. The van der Waals surface area contributed by atoms with Crippen molar-refractivity contribution in [3.63, 3.8) is 0 Å². The second-order valence-corrected chi connectivity index (χ2v) is 9.85. The van der Waals surface area contributed by atoms with Crippen LogP contribution in [0.3, 0.4) is 0 Å². The Bertz CT molecular complexity index is 1350. The van der Waals surface area contributed by atoms with Crippen LogP contribution in [0.25, 0.3) is 22.3 Å². The molecule has 0 bridgehead atoms. The summed E-state index contributed by atoms with van der Waals surface area (Å²) in [7, 11) is 0. The second kappa shape index (κ2) is 13.9. The molecule has 39 heavy (non-hydrogen) atoms. The third kappa shape index (κ3) is 7.66. The van der Waals surface area contributed by atoms with E-state index in [4.69, 9.17) is 9.47 Å². The molecule has 0 spiro atoms. The largest absolute Gasteiger partial charge is 0.491 e. The highest BCUT2D eigenvalue weighted by atomic mass is 19.2. The lowest BCUT2D eigenvalue weighted by molar-refractivity contribution is 0.285. The van der Waals surface area contributed by atoms with Crippen molar-refractivity contribution in [1.29, 1.82) is 0 Å². The topological polar surface area (TPSA) is 18.5 Å². The average Bonchev–Trinajstić information content (AvgIpc) is 2.95. The number of unbranched alkanes of at least 4 members (excludes halogenated alkanes) is 5. The van der Waals surface area contributed by atoms with E-state index in [2.05, 4.69) is 6.92 Å². The number of hydrogen-bond acceptors (Lipinski definition) is 2. The van der Waals surface area contributed by atoms with E-state index in [1.165, 1.54) is 43.9 Å². The van der Waals surface area contributed by atoms with E-state index in [1.807, 2.05) is 49.4 Å². The molecule has 0 saturated carbocycles. The Morgan fingerprint density at radius 3 is 1.95 bits per heavy atom. The van der Waals surface area contributed by atoms with Gasteiger partial charge in [-0.25, -0.2) is 8.78 Å². The Morgan fingerprint density at radius 2 is 1.23 bits per heavy atom. The molecule has 0 aromatic heterocycles. The molecule has 0 radical (unpaired) electrons. The standard InChI is InChI=1S/C34H35F3O2/c1-3-4-5-6-7-8-21-38-31-19-17-28(22-30(31)35)26-15-11-25(12-16-26)23-39-32-20-18-29(33(36)34(32)37)27-13-9-24(2)10-14-27/h9-20,22H,3-8,21,23H2,1-2H3. The van der Waals surface area contributed by atoms with E-state index in [9.17, 15) is 13.2 Å². The molecule has 0 saturated heterocycles. The summed E-state index contributed by atoms with van der Waals surface area (Å²) in [6.07, 6.45) is 6.91. The van der Waals surface area contributed by atoms with Crippen LogP contribution in [0.2, 0.25) is 0 Å². The van der Waals surface area contributed by atoms with E-state index in [0.717, 1.165) is 35.1 Å². The smallest absolute Gasteiger partial charge is 0.201 e. The average molecular weight is 533 g/mol. The van der Waals surface area contributed by atoms with Crippen molar-refractivity contribution in [1.82, 2.24) is 0 Å². The first-order valence-corrected chi connectivity index (χ1v) is 13.7. The number of rotatable bonds is 13. The van der Waals surface area contributed by atoms with Gasteiger partial charge in [-0.15, -0.1) is 0 Å². The number of ether oxygens (including phenoxy) is 2. The first-order chi connectivity index (χ1) is 19.0. The van der Waals surface area contributed by atoms with Gasteiger partial charge in [0.15, 0.2) is 23.1 Å². The van der Waals surface area contributed by atoms with Crippen LogP contribution in [0.1, 0.15) is 56.6 Å². The second-order valence-electron chi connectivity index (χ2n) is 9.85. The predicted molar refractivity (Wildman–Crippen MR) is 152 cm³/mol. The van der Waals surface area contributed by atoms with Crippen LogP contribution in [-0.2, 0) is 6.61 Å². The summed E-state index contributed by atoms with van der Waals surface area (Å²) in [6, 6.07) is 22.5. The van der Waals surface area contributed by atoms with Gasteiger partial charge < -0.3 is 9.47 Å². The van der Waals surface area contributed by atoms with Gasteiger partial charge in [-0.05, 0) is 59.9 Å². The third-order valence-corrected chi connectivity index (χ3v) is 6.78. The molecule has 0 N–H and O–H groups in total. The molecule has 0 unspecified atom stereocenters. The maximum atomic E-state index is 14.7. The zero-order chi connectivity index (χ0) is 27.6. The Kier molecular flexibility index (Phi) is 10.1. The SMILES string of the molecule is CCCCCCCCOc1ccc(-c2ccc(COc3ccc(-c4ccc(C)cc4)c(F)c3F)cc2)cc1F. The molecule has 0 fully saturated rings. The molecule has 4 aromatic carbocycles. The highest BCUT2D eigenvalue weighted by Crippen LogP contribution is 2.31. The zero-order valence-electron chi connectivity index (χ0n) is 22.6. The fourth-order valence-electron chi connectivity index (χ4n) is 4.42. The van der Waals surface area contributed by atoms with Crippen molar-refractivity contribution >= 4 is 0 Å². The number of halogens is 3. The van der Waals surface area contributed by atoms with Crippen LogP contribution >= 0.6 is 0 Å². The number of benzene rings is 4. The van der Waals surface area contributed by atoms with Crippen molar-refractivity contribution in [3.05, 3.63) is 107 Å². The van der Waals surface area contributed by atoms with E-state index in [-0.39, 0.29) is 23.7 Å². The number of hydrogen-bond donors (Lipinski definition) is 0. The normalized spacial score (nSPS) is 11.0. The van der Waals surface area contributed by atoms with Crippen molar-refractivity contribution in [3.8, 4) is 33.8 Å². The summed E-state index contributed by atoms with van der Waals surface area (Å²) >= 11 is 0. The van der Waals surface area contributed by atoms with Gasteiger partial charge in [0.1, 0.15) is 6.61 Å². The Hall–Kier alpha value is -3.73. The van der Waals surface area contributed by atoms with Crippen molar-refractivity contribution < 1.29 is 22.6 Å². The van der Waals surface area contributed by atoms with Crippen molar-refractivity contribution in [2.24, 2.45) is 0 Å². The van der Waals surface area contributed by atoms with Crippen LogP contribution in [0.15, 0.2) is 78.9 Å².